The Morgan fingerprint density at radius 2 is 1.64 bits per heavy atom. The fourth-order valence-corrected chi connectivity index (χ4v) is 6.91. The molecule has 5 rings (SSSR count). The lowest BCUT2D eigenvalue weighted by molar-refractivity contribution is -0.143. The monoisotopic (exact) mass is 605 g/mol. The third-order valence-electron chi connectivity index (χ3n) is 9.53. The summed E-state index contributed by atoms with van der Waals surface area (Å²) < 4.78 is 13.5. The summed E-state index contributed by atoms with van der Waals surface area (Å²) in [6.07, 6.45) is 7.63. The maximum atomic E-state index is 14.4. The van der Waals surface area contributed by atoms with Gasteiger partial charge in [-0.1, -0.05) is 43.5 Å². The van der Waals surface area contributed by atoms with Crippen LogP contribution < -0.4 is 21.3 Å². The van der Waals surface area contributed by atoms with E-state index in [1.807, 2.05) is 18.2 Å². The first-order valence-electron chi connectivity index (χ1n) is 16.0. The van der Waals surface area contributed by atoms with Gasteiger partial charge in [-0.05, 0) is 93.8 Å². The van der Waals surface area contributed by atoms with Crippen molar-refractivity contribution in [1.29, 1.82) is 0 Å². The van der Waals surface area contributed by atoms with Gasteiger partial charge in [0.25, 0.3) is 5.91 Å². The minimum atomic E-state index is -0.820. The molecule has 0 radical (unpaired) electrons. The molecule has 1 aliphatic heterocycles. The summed E-state index contributed by atoms with van der Waals surface area (Å²) in [6, 6.07) is 10.6. The fraction of sp³-hybridized carbons (Fsp3) is 0.529. The molecule has 1 saturated heterocycles. The maximum Gasteiger partial charge on any atom is 0.251 e. The van der Waals surface area contributed by atoms with Crippen LogP contribution in [0, 0.1) is 11.7 Å². The number of benzene rings is 2. The molecule has 0 bridgehead atoms. The van der Waals surface area contributed by atoms with Gasteiger partial charge in [-0.3, -0.25) is 19.2 Å². The molecule has 5 atom stereocenters. The number of amides is 4. The van der Waals surface area contributed by atoms with E-state index in [-0.39, 0.29) is 42.6 Å². The van der Waals surface area contributed by atoms with Crippen molar-refractivity contribution in [2.24, 2.45) is 5.92 Å². The lowest BCUT2D eigenvalue weighted by atomic mass is 9.83. The van der Waals surface area contributed by atoms with Gasteiger partial charge < -0.3 is 26.2 Å². The molecule has 0 aromatic heterocycles. The Kier molecular flexibility index (Phi) is 10.3. The van der Waals surface area contributed by atoms with Crippen molar-refractivity contribution >= 4 is 23.6 Å². The molecule has 0 unspecified atom stereocenters. The highest BCUT2D eigenvalue weighted by Crippen LogP contribution is 2.32. The Morgan fingerprint density at radius 1 is 0.909 bits per heavy atom. The number of halogens is 1. The summed E-state index contributed by atoms with van der Waals surface area (Å²) >= 11 is 0. The molecule has 1 saturated carbocycles. The summed E-state index contributed by atoms with van der Waals surface area (Å²) in [5.41, 5.74) is 2.61. The van der Waals surface area contributed by atoms with E-state index in [9.17, 15) is 23.6 Å². The summed E-state index contributed by atoms with van der Waals surface area (Å²) in [6.45, 7) is 1.87. The molecule has 4 amide bonds. The summed E-state index contributed by atoms with van der Waals surface area (Å²) in [4.78, 5) is 56.0. The van der Waals surface area contributed by atoms with Gasteiger partial charge in [0.1, 0.15) is 17.9 Å². The molecule has 1 heterocycles. The van der Waals surface area contributed by atoms with Crippen LogP contribution in [0.15, 0.2) is 48.5 Å². The highest BCUT2D eigenvalue weighted by molar-refractivity contribution is 5.96. The molecular weight excluding hydrogens is 561 g/mol. The van der Waals surface area contributed by atoms with Crippen LogP contribution in [-0.2, 0) is 20.8 Å². The molecule has 236 valence electrons. The molecule has 0 spiro atoms. The van der Waals surface area contributed by atoms with Crippen LogP contribution in [-0.4, -0.2) is 66.3 Å². The third kappa shape index (κ3) is 7.29. The second kappa shape index (κ2) is 14.3. The van der Waals surface area contributed by atoms with Crippen LogP contribution >= 0.6 is 0 Å². The third-order valence-corrected chi connectivity index (χ3v) is 9.53. The van der Waals surface area contributed by atoms with E-state index in [1.165, 1.54) is 29.8 Å². The average molecular weight is 606 g/mol. The number of carbonyl (C=O) groups is 4. The molecular formula is C34H44FN5O4. The minimum absolute atomic E-state index is 0.0361. The van der Waals surface area contributed by atoms with Crippen molar-refractivity contribution in [2.75, 3.05) is 13.6 Å². The van der Waals surface area contributed by atoms with Gasteiger partial charge >= 0.3 is 0 Å². The van der Waals surface area contributed by atoms with Gasteiger partial charge in [0.2, 0.25) is 17.7 Å². The number of hydrogen-bond acceptors (Lipinski definition) is 5. The predicted molar refractivity (Wildman–Crippen MR) is 165 cm³/mol. The number of aryl methyl sites for hydroxylation is 1. The molecule has 2 aromatic rings. The first kappa shape index (κ1) is 31.6. The fourth-order valence-electron chi connectivity index (χ4n) is 6.91. The van der Waals surface area contributed by atoms with E-state index >= 15 is 0 Å². The zero-order valence-corrected chi connectivity index (χ0v) is 25.6. The molecule has 10 heteroatoms. The zero-order chi connectivity index (χ0) is 31.2. The summed E-state index contributed by atoms with van der Waals surface area (Å²) in [7, 11) is 1.69. The molecule has 9 nitrogen and oxygen atoms in total. The Hall–Kier alpha value is -3.79. The van der Waals surface area contributed by atoms with Crippen molar-refractivity contribution in [3.63, 3.8) is 0 Å². The van der Waals surface area contributed by atoms with E-state index in [1.54, 1.807) is 18.9 Å². The molecule has 3 aliphatic rings. The van der Waals surface area contributed by atoms with Gasteiger partial charge in [0.15, 0.2) is 0 Å². The van der Waals surface area contributed by atoms with E-state index in [4.69, 9.17) is 0 Å². The van der Waals surface area contributed by atoms with E-state index in [0.717, 1.165) is 56.9 Å². The number of hydrogen-bond donors (Lipinski definition) is 4. The topological polar surface area (TPSA) is 120 Å². The summed E-state index contributed by atoms with van der Waals surface area (Å²) in [5, 5.41) is 12.1. The van der Waals surface area contributed by atoms with Crippen molar-refractivity contribution in [1.82, 2.24) is 26.2 Å². The van der Waals surface area contributed by atoms with Gasteiger partial charge in [0, 0.05) is 18.2 Å². The number of nitrogens with zero attached hydrogens (tertiary/aromatic N) is 1. The lowest BCUT2D eigenvalue weighted by Gasteiger charge is -2.35. The molecule has 2 fully saturated rings. The van der Waals surface area contributed by atoms with Crippen molar-refractivity contribution in [3.05, 3.63) is 71.0 Å². The number of carbonyl (C=O) groups excluding carboxylic acids is 4. The summed E-state index contributed by atoms with van der Waals surface area (Å²) in [5.74, 6) is -1.71. The van der Waals surface area contributed by atoms with Crippen molar-refractivity contribution in [2.45, 2.75) is 94.9 Å². The largest absolute Gasteiger partial charge is 0.347 e. The van der Waals surface area contributed by atoms with Crippen LogP contribution in [0.25, 0.3) is 0 Å². The normalized spacial score (nSPS) is 23.2. The smallest absolute Gasteiger partial charge is 0.251 e. The average Bonchev–Trinajstić information content (AvgIpc) is 3.47. The SMILES string of the molecule is CN[C@@H](C)C(=O)N[C@H](C(=O)N1C[C@@H](NC(=O)c2ccc(F)cc2)C[C@H]1C(=O)N[C@@H]1CCCc2ccccc21)C1CCCCC1. The predicted octanol–water partition coefficient (Wildman–Crippen LogP) is 3.39. The van der Waals surface area contributed by atoms with Crippen molar-refractivity contribution in [3.8, 4) is 0 Å². The quantitative estimate of drug-likeness (QED) is 0.350. The van der Waals surface area contributed by atoms with Gasteiger partial charge in [-0.25, -0.2) is 4.39 Å². The zero-order valence-electron chi connectivity index (χ0n) is 25.6. The number of likely N-dealkylation sites (N-methyl/N-ethyl adjacent to an activating group) is 1. The van der Waals surface area contributed by atoms with E-state index < -0.39 is 35.9 Å². The molecule has 2 aliphatic carbocycles. The van der Waals surface area contributed by atoms with E-state index in [2.05, 4.69) is 27.3 Å². The van der Waals surface area contributed by atoms with Crippen LogP contribution in [0.3, 0.4) is 0 Å². The molecule has 2 aromatic carbocycles. The minimum Gasteiger partial charge on any atom is -0.347 e. The number of fused-ring (bicyclic) bond motifs is 1. The second-order valence-electron chi connectivity index (χ2n) is 12.5. The lowest BCUT2D eigenvalue weighted by Crippen LogP contribution is -2.58. The van der Waals surface area contributed by atoms with Crippen LogP contribution in [0.2, 0.25) is 0 Å². The first-order chi connectivity index (χ1) is 21.2. The van der Waals surface area contributed by atoms with Gasteiger partial charge in [-0.2, -0.15) is 0 Å². The van der Waals surface area contributed by atoms with Crippen LogP contribution in [0.1, 0.15) is 85.8 Å². The van der Waals surface area contributed by atoms with Gasteiger partial charge in [0.05, 0.1) is 12.1 Å². The number of nitrogens with one attached hydrogen (secondary N) is 4. The molecule has 44 heavy (non-hydrogen) atoms. The number of rotatable bonds is 9. The van der Waals surface area contributed by atoms with Crippen LogP contribution in [0.5, 0.6) is 0 Å². The highest BCUT2D eigenvalue weighted by Gasteiger charge is 2.45. The second-order valence-corrected chi connectivity index (χ2v) is 12.5. The van der Waals surface area contributed by atoms with E-state index in [0.29, 0.717) is 5.56 Å². The highest BCUT2D eigenvalue weighted by atomic mass is 19.1. The Balaban J connectivity index is 1.39. The van der Waals surface area contributed by atoms with Crippen molar-refractivity contribution < 1.29 is 23.6 Å². The maximum absolute atomic E-state index is 14.4. The van der Waals surface area contributed by atoms with Crippen LogP contribution in [0.4, 0.5) is 4.39 Å². The Labute approximate surface area is 258 Å². The Bertz CT molecular complexity index is 1350. The standard InChI is InChI=1S/C34H44FN5O4/c1-21(36-2)31(41)39-30(23-10-4-3-5-11-23)34(44)40-20-26(37-32(42)24-15-17-25(35)18-16-24)19-29(40)33(43)38-28-14-8-12-22-9-6-7-13-27(22)28/h6-7,9,13,15-18,21,23,26,28-30,36H,3-5,8,10-12,14,19-20H2,1-2H3,(H,37,42)(H,38,43)(H,39,41)/t21-,26-,28+,29-,30-/m0/s1. The Morgan fingerprint density at radius 3 is 2.36 bits per heavy atom. The van der Waals surface area contributed by atoms with Gasteiger partial charge in [-0.15, -0.1) is 0 Å². The molecule has 4 N–H and O–H groups in total. The first-order valence-corrected chi connectivity index (χ1v) is 16.0. The number of likely N-dealkylation sites (tertiary alicyclic amines) is 1.